The number of thiazole rings is 1. The summed E-state index contributed by atoms with van der Waals surface area (Å²) in [6.45, 7) is 2.19. The van der Waals surface area contributed by atoms with Crippen LogP contribution in [0.3, 0.4) is 0 Å². The lowest BCUT2D eigenvalue weighted by Gasteiger charge is -2.01. The number of aryl methyl sites for hydroxylation is 1. The van der Waals surface area contributed by atoms with E-state index in [2.05, 4.69) is 10.9 Å². The molecule has 0 saturated carbocycles. The smallest absolute Gasteiger partial charge is 0.252 e. The Morgan fingerprint density at radius 3 is 2.59 bits per heavy atom. The number of sulfonamides is 1. The fraction of sp³-hybridized carbons (Fsp3) is 0.158. The van der Waals surface area contributed by atoms with E-state index in [1.807, 2.05) is 31.2 Å². The SMILES string of the molecule is C#CCn1c(=NC(=O)Cc2ccc(C)cc2)sc2cc(S(N)(=O)=O)ccc21. The minimum absolute atomic E-state index is 0.00152. The van der Waals surface area contributed by atoms with Gasteiger partial charge in [0.2, 0.25) is 10.0 Å². The van der Waals surface area contributed by atoms with Crippen molar-refractivity contribution in [2.45, 2.75) is 24.8 Å². The number of carbonyl (C=O) groups is 1. The molecule has 0 aliphatic carbocycles. The Hall–Kier alpha value is -2.73. The third-order valence-electron chi connectivity index (χ3n) is 3.93. The highest BCUT2D eigenvalue weighted by Gasteiger charge is 2.13. The van der Waals surface area contributed by atoms with Gasteiger partial charge in [-0.2, -0.15) is 4.99 Å². The number of hydrogen-bond acceptors (Lipinski definition) is 4. The lowest BCUT2D eigenvalue weighted by Crippen LogP contribution is -2.17. The Morgan fingerprint density at radius 2 is 1.96 bits per heavy atom. The van der Waals surface area contributed by atoms with Crippen LogP contribution in [-0.4, -0.2) is 18.9 Å². The van der Waals surface area contributed by atoms with Crippen LogP contribution in [0.15, 0.2) is 52.4 Å². The van der Waals surface area contributed by atoms with Gasteiger partial charge in [0.05, 0.1) is 28.1 Å². The molecule has 3 aromatic rings. The molecule has 1 aromatic heterocycles. The van der Waals surface area contributed by atoms with Crippen LogP contribution in [0.2, 0.25) is 0 Å². The summed E-state index contributed by atoms with van der Waals surface area (Å²) >= 11 is 1.20. The van der Waals surface area contributed by atoms with Gasteiger partial charge in [-0.3, -0.25) is 4.79 Å². The molecule has 2 N–H and O–H groups in total. The number of carbonyl (C=O) groups excluding carboxylic acids is 1. The number of aromatic nitrogens is 1. The first kappa shape index (κ1) is 19.0. The zero-order valence-corrected chi connectivity index (χ0v) is 16.2. The summed E-state index contributed by atoms with van der Waals surface area (Å²) in [5, 5.41) is 5.19. The molecule has 0 atom stereocenters. The lowest BCUT2D eigenvalue weighted by molar-refractivity contribution is -0.117. The molecule has 2 aromatic carbocycles. The standard InChI is InChI=1S/C19H17N3O3S2/c1-3-10-22-16-9-8-15(27(20,24)25)12-17(16)26-19(22)21-18(23)11-14-6-4-13(2)5-7-14/h1,4-9,12H,10-11H2,2H3,(H2,20,24,25). The number of terminal acetylenes is 1. The van der Waals surface area contributed by atoms with Crippen LogP contribution in [-0.2, 0) is 27.8 Å². The van der Waals surface area contributed by atoms with Gasteiger partial charge in [0.1, 0.15) is 0 Å². The van der Waals surface area contributed by atoms with E-state index in [4.69, 9.17) is 11.6 Å². The Labute approximate surface area is 161 Å². The molecule has 27 heavy (non-hydrogen) atoms. The van der Waals surface area contributed by atoms with Crippen molar-refractivity contribution in [3.8, 4) is 12.3 Å². The summed E-state index contributed by atoms with van der Waals surface area (Å²) in [5.41, 5.74) is 2.69. The van der Waals surface area contributed by atoms with Crippen molar-refractivity contribution in [3.05, 3.63) is 58.4 Å². The maximum atomic E-state index is 12.4. The van der Waals surface area contributed by atoms with E-state index in [0.717, 1.165) is 11.1 Å². The molecule has 0 spiro atoms. The highest BCUT2D eigenvalue weighted by atomic mass is 32.2. The first-order valence-corrected chi connectivity index (χ1v) is 10.4. The minimum Gasteiger partial charge on any atom is -0.305 e. The average Bonchev–Trinajstić information content (AvgIpc) is 2.93. The van der Waals surface area contributed by atoms with E-state index in [1.54, 1.807) is 10.6 Å². The van der Waals surface area contributed by atoms with E-state index in [9.17, 15) is 13.2 Å². The Morgan fingerprint density at radius 1 is 1.26 bits per heavy atom. The summed E-state index contributed by atoms with van der Waals surface area (Å²) in [5.74, 6) is 2.23. The van der Waals surface area contributed by atoms with Crippen molar-refractivity contribution in [3.63, 3.8) is 0 Å². The van der Waals surface area contributed by atoms with Gasteiger partial charge in [0.25, 0.3) is 5.91 Å². The molecule has 0 unspecified atom stereocenters. The third kappa shape index (κ3) is 4.34. The lowest BCUT2D eigenvalue weighted by atomic mass is 10.1. The summed E-state index contributed by atoms with van der Waals surface area (Å²) in [6.07, 6.45) is 5.61. The molecular weight excluding hydrogens is 382 g/mol. The van der Waals surface area contributed by atoms with Crippen LogP contribution in [0, 0.1) is 19.3 Å². The van der Waals surface area contributed by atoms with Gasteiger partial charge in [0, 0.05) is 0 Å². The summed E-state index contributed by atoms with van der Waals surface area (Å²) in [6, 6.07) is 12.2. The average molecular weight is 399 g/mol. The van der Waals surface area contributed by atoms with Crippen molar-refractivity contribution >= 4 is 37.5 Å². The number of nitrogens with zero attached hydrogens (tertiary/aromatic N) is 2. The fourth-order valence-corrected chi connectivity index (χ4v) is 4.29. The highest BCUT2D eigenvalue weighted by Crippen LogP contribution is 2.21. The van der Waals surface area contributed by atoms with E-state index in [0.29, 0.717) is 15.0 Å². The van der Waals surface area contributed by atoms with Crippen LogP contribution < -0.4 is 9.94 Å². The van der Waals surface area contributed by atoms with Crippen molar-refractivity contribution in [2.24, 2.45) is 10.1 Å². The number of amides is 1. The Balaban J connectivity index is 2.04. The molecule has 0 bridgehead atoms. The molecular formula is C19H17N3O3S2. The topological polar surface area (TPSA) is 94.5 Å². The zero-order valence-electron chi connectivity index (χ0n) is 14.5. The van der Waals surface area contributed by atoms with Crippen molar-refractivity contribution in [1.82, 2.24) is 4.57 Å². The molecule has 3 rings (SSSR count). The first-order valence-electron chi connectivity index (χ1n) is 8.00. The number of benzene rings is 2. The second-order valence-electron chi connectivity index (χ2n) is 6.02. The fourth-order valence-electron chi connectivity index (χ4n) is 2.59. The quantitative estimate of drug-likeness (QED) is 0.680. The van der Waals surface area contributed by atoms with Crippen LogP contribution in [0.5, 0.6) is 0 Å². The number of rotatable bonds is 4. The van der Waals surface area contributed by atoms with Gasteiger partial charge in [-0.15, -0.1) is 6.42 Å². The molecule has 1 amide bonds. The van der Waals surface area contributed by atoms with E-state index in [1.165, 1.54) is 23.5 Å². The summed E-state index contributed by atoms with van der Waals surface area (Å²) in [7, 11) is -3.82. The molecule has 1 heterocycles. The predicted molar refractivity (Wildman–Crippen MR) is 105 cm³/mol. The molecule has 0 aliphatic rings. The van der Waals surface area contributed by atoms with E-state index in [-0.39, 0.29) is 23.8 Å². The maximum Gasteiger partial charge on any atom is 0.252 e. The Bertz CT molecular complexity index is 1230. The maximum absolute atomic E-state index is 12.4. The van der Waals surface area contributed by atoms with Crippen LogP contribution in [0.1, 0.15) is 11.1 Å². The van der Waals surface area contributed by atoms with Crippen LogP contribution in [0.25, 0.3) is 10.2 Å². The Kier molecular flexibility index (Phi) is 5.28. The zero-order chi connectivity index (χ0) is 19.6. The van der Waals surface area contributed by atoms with Gasteiger partial charge in [-0.1, -0.05) is 47.1 Å². The normalized spacial score (nSPS) is 12.3. The molecule has 0 fully saturated rings. The number of hydrogen-bond donors (Lipinski definition) is 1. The second kappa shape index (κ2) is 7.48. The number of nitrogens with two attached hydrogens (primary N) is 1. The van der Waals surface area contributed by atoms with Crippen molar-refractivity contribution < 1.29 is 13.2 Å². The molecule has 138 valence electrons. The van der Waals surface area contributed by atoms with Gasteiger partial charge in [-0.25, -0.2) is 13.6 Å². The molecule has 0 radical (unpaired) electrons. The van der Waals surface area contributed by atoms with Gasteiger partial charge in [0.15, 0.2) is 4.80 Å². The third-order valence-corrected chi connectivity index (χ3v) is 5.88. The molecule has 8 heteroatoms. The predicted octanol–water partition coefficient (Wildman–Crippen LogP) is 1.96. The second-order valence-corrected chi connectivity index (χ2v) is 8.59. The minimum atomic E-state index is -3.82. The number of fused-ring (bicyclic) bond motifs is 1. The highest BCUT2D eigenvalue weighted by molar-refractivity contribution is 7.89. The summed E-state index contributed by atoms with van der Waals surface area (Å²) in [4.78, 5) is 17.0. The summed E-state index contributed by atoms with van der Waals surface area (Å²) < 4.78 is 25.5. The first-order chi connectivity index (χ1) is 12.8. The van der Waals surface area contributed by atoms with E-state index >= 15 is 0 Å². The molecule has 6 nitrogen and oxygen atoms in total. The van der Waals surface area contributed by atoms with Crippen molar-refractivity contribution in [2.75, 3.05) is 0 Å². The molecule has 0 saturated heterocycles. The number of primary sulfonamides is 1. The van der Waals surface area contributed by atoms with Crippen LogP contribution >= 0.6 is 11.3 Å². The van der Waals surface area contributed by atoms with E-state index < -0.39 is 10.0 Å². The largest absolute Gasteiger partial charge is 0.305 e. The monoisotopic (exact) mass is 399 g/mol. The van der Waals surface area contributed by atoms with Gasteiger partial charge in [-0.05, 0) is 30.7 Å². The van der Waals surface area contributed by atoms with Gasteiger partial charge >= 0.3 is 0 Å². The van der Waals surface area contributed by atoms with Gasteiger partial charge < -0.3 is 4.57 Å². The molecule has 0 aliphatic heterocycles. The van der Waals surface area contributed by atoms with Crippen molar-refractivity contribution in [1.29, 1.82) is 0 Å². The van der Waals surface area contributed by atoms with Crippen LogP contribution in [0.4, 0.5) is 0 Å².